The molecular weight excluding hydrogens is 236 g/mol. The van der Waals surface area contributed by atoms with Gasteiger partial charge >= 0.3 is 0 Å². The van der Waals surface area contributed by atoms with Gasteiger partial charge in [0, 0.05) is 18.7 Å². The number of carbonyl (C=O) groups excluding carboxylic acids is 1. The second kappa shape index (κ2) is 6.19. The summed E-state index contributed by atoms with van der Waals surface area (Å²) in [6.45, 7) is 2.96. The number of nitriles is 1. The van der Waals surface area contributed by atoms with Crippen LogP contribution in [0.3, 0.4) is 0 Å². The minimum absolute atomic E-state index is 0.0801. The molecule has 0 radical (unpaired) electrons. The number of rotatable bonds is 2. The van der Waals surface area contributed by atoms with Gasteiger partial charge in [0.15, 0.2) is 0 Å². The van der Waals surface area contributed by atoms with Gasteiger partial charge in [0.1, 0.15) is 0 Å². The first-order valence-corrected chi connectivity index (χ1v) is 6.69. The average Bonchev–Trinajstić information content (AvgIpc) is 2.46. The van der Waals surface area contributed by atoms with Gasteiger partial charge < -0.3 is 4.90 Å². The van der Waals surface area contributed by atoms with Crippen molar-refractivity contribution in [3.8, 4) is 6.07 Å². The van der Waals surface area contributed by atoms with Crippen molar-refractivity contribution in [1.82, 2.24) is 4.90 Å². The fourth-order valence-electron chi connectivity index (χ4n) is 2.36. The van der Waals surface area contributed by atoms with Crippen molar-refractivity contribution < 1.29 is 4.79 Å². The van der Waals surface area contributed by atoms with E-state index in [1.165, 1.54) is 6.42 Å². The van der Waals surface area contributed by atoms with Gasteiger partial charge in [-0.15, -0.1) is 0 Å². The van der Waals surface area contributed by atoms with E-state index in [0.717, 1.165) is 24.9 Å². The lowest BCUT2D eigenvalue weighted by atomic mass is 10.0. The highest BCUT2D eigenvalue weighted by Crippen LogP contribution is 2.17. The summed E-state index contributed by atoms with van der Waals surface area (Å²) in [6.07, 6.45) is 6.84. The number of hydrogen-bond acceptors (Lipinski definition) is 2. The standard InChI is InChI=1S/C16H18N2O/c1-13-4-2-3-11-18(13)16(19)10-9-14-5-7-15(12-17)8-6-14/h5-10,13H,2-4,11H2,1H3/b10-9+. The normalized spacial score (nSPS) is 19.4. The van der Waals surface area contributed by atoms with E-state index in [0.29, 0.717) is 11.6 Å². The van der Waals surface area contributed by atoms with Gasteiger partial charge in [-0.1, -0.05) is 12.1 Å². The maximum absolute atomic E-state index is 12.1. The third kappa shape index (κ3) is 3.45. The van der Waals surface area contributed by atoms with Crippen LogP contribution in [0.4, 0.5) is 0 Å². The number of piperidine rings is 1. The lowest BCUT2D eigenvalue weighted by Crippen LogP contribution is -2.41. The van der Waals surface area contributed by atoms with Gasteiger partial charge in [0.2, 0.25) is 5.91 Å². The molecule has 0 aromatic heterocycles. The van der Waals surface area contributed by atoms with Crippen molar-refractivity contribution in [2.24, 2.45) is 0 Å². The first-order chi connectivity index (χ1) is 9.20. The van der Waals surface area contributed by atoms with Crippen molar-refractivity contribution in [3.63, 3.8) is 0 Å². The molecule has 0 saturated carbocycles. The largest absolute Gasteiger partial charge is 0.336 e. The number of hydrogen-bond donors (Lipinski definition) is 0. The molecule has 0 aliphatic carbocycles. The molecule has 0 bridgehead atoms. The predicted molar refractivity (Wildman–Crippen MR) is 75.2 cm³/mol. The third-order valence-electron chi connectivity index (χ3n) is 3.54. The van der Waals surface area contributed by atoms with Crippen LogP contribution in [0.25, 0.3) is 6.08 Å². The topological polar surface area (TPSA) is 44.1 Å². The summed E-state index contributed by atoms with van der Waals surface area (Å²) in [5.74, 6) is 0.0801. The van der Waals surface area contributed by atoms with Crippen molar-refractivity contribution in [2.45, 2.75) is 32.2 Å². The van der Waals surface area contributed by atoms with E-state index in [4.69, 9.17) is 5.26 Å². The fourth-order valence-corrected chi connectivity index (χ4v) is 2.36. The van der Waals surface area contributed by atoms with Crippen molar-refractivity contribution in [1.29, 1.82) is 5.26 Å². The monoisotopic (exact) mass is 254 g/mol. The molecule has 98 valence electrons. The number of amides is 1. The molecule has 1 amide bonds. The van der Waals surface area contributed by atoms with Gasteiger partial charge in [-0.25, -0.2) is 0 Å². The van der Waals surface area contributed by atoms with E-state index >= 15 is 0 Å². The van der Waals surface area contributed by atoms with Gasteiger partial charge in [-0.2, -0.15) is 5.26 Å². The Hall–Kier alpha value is -2.08. The molecule has 19 heavy (non-hydrogen) atoms. The summed E-state index contributed by atoms with van der Waals surface area (Å²) in [5.41, 5.74) is 1.57. The molecule has 0 N–H and O–H groups in total. The molecule has 2 rings (SSSR count). The first-order valence-electron chi connectivity index (χ1n) is 6.69. The zero-order valence-corrected chi connectivity index (χ0v) is 11.2. The molecule has 1 aromatic rings. The van der Waals surface area contributed by atoms with Crippen LogP contribution in [0.15, 0.2) is 30.3 Å². The van der Waals surface area contributed by atoms with E-state index in [-0.39, 0.29) is 5.91 Å². The predicted octanol–water partition coefficient (Wildman–Crippen LogP) is 2.97. The van der Waals surface area contributed by atoms with Gasteiger partial charge in [-0.3, -0.25) is 4.79 Å². The Bertz CT molecular complexity index is 511. The van der Waals surface area contributed by atoms with Crippen LogP contribution in [0.1, 0.15) is 37.3 Å². The number of likely N-dealkylation sites (tertiary alicyclic amines) is 1. The SMILES string of the molecule is CC1CCCCN1C(=O)/C=C/c1ccc(C#N)cc1. The first kappa shape index (κ1) is 13.4. The highest BCUT2D eigenvalue weighted by Gasteiger charge is 2.20. The van der Waals surface area contributed by atoms with Crippen LogP contribution in [-0.2, 0) is 4.79 Å². The molecule has 3 heteroatoms. The number of benzene rings is 1. The lowest BCUT2D eigenvalue weighted by molar-refractivity contribution is -0.129. The second-order valence-electron chi connectivity index (χ2n) is 4.94. The highest BCUT2D eigenvalue weighted by atomic mass is 16.2. The zero-order valence-electron chi connectivity index (χ0n) is 11.2. The molecule has 1 aromatic carbocycles. The van der Waals surface area contributed by atoms with Crippen molar-refractivity contribution >= 4 is 12.0 Å². The Morgan fingerprint density at radius 1 is 1.37 bits per heavy atom. The smallest absolute Gasteiger partial charge is 0.246 e. The maximum Gasteiger partial charge on any atom is 0.246 e. The van der Waals surface area contributed by atoms with E-state index in [9.17, 15) is 4.79 Å². The summed E-state index contributed by atoms with van der Waals surface area (Å²) in [7, 11) is 0. The summed E-state index contributed by atoms with van der Waals surface area (Å²) >= 11 is 0. The zero-order chi connectivity index (χ0) is 13.7. The van der Waals surface area contributed by atoms with E-state index < -0.39 is 0 Å². The van der Waals surface area contributed by atoms with E-state index in [1.807, 2.05) is 23.1 Å². The summed E-state index contributed by atoms with van der Waals surface area (Å²) in [4.78, 5) is 14.0. The van der Waals surface area contributed by atoms with Gasteiger partial charge in [0.05, 0.1) is 11.6 Å². The van der Waals surface area contributed by atoms with Crippen LogP contribution in [0, 0.1) is 11.3 Å². The minimum Gasteiger partial charge on any atom is -0.336 e. The second-order valence-corrected chi connectivity index (χ2v) is 4.94. The third-order valence-corrected chi connectivity index (χ3v) is 3.54. The molecular formula is C16H18N2O. The van der Waals surface area contributed by atoms with E-state index in [2.05, 4.69) is 13.0 Å². The number of nitrogens with zero attached hydrogens (tertiary/aromatic N) is 2. The Balaban J connectivity index is 2.01. The summed E-state index contributed by atoms with van der Waals surface area (Å²) < 4.78 is 0. The molecule has 0 spiro atoms. The van der Waals surface area contributed by atoms with Crippen LogP contribution in [0.2, 0.25) is 0 Å². The van der Waals surface area contributed by atoms with Crippen LogP contribution in [-0.4, -0.2) is 23.4 Å². The molecule has 1 heterocycles. The number of carbonyl (C=O) groups is 1. The summed E-state index contributed by atoms with van der Waals surface area (Å²) in [5, 5.41) is 8.72. The quantitative estimate of drug-likeness (QED) is 0.761. The highest BCUT2D eigenvalue weighted by molar-refractivity contribution is 5.92. The Labute approximate surface area is 114 Å². The Morgan fingerprint density at radius 3 is 2.74 bits per heavy atom. The molecule has 1 fully saturated rings. The molecule has 3 nitrogen and oxygen atoms in total. The van der Waals surface area contributed by atoms with Crippen LogP contribution in [0.5, 0.6) is 0 Å². The molecule has 1 atom stereocenters. The van der Waals surface area contributed by atoms with Gasteiger partial charge in [-0.05, 0) is 50.0 Å². The maximum atomic E-state index is 12.1. The Morgan fingerprint density at radius 2 is 2.11 bits per heavy atom. The molecule has 1 unspecified atom stereocenters. The van der Waals surface area contributed by atoms with Crippen LogP contribution >= 0.6 is 0 Å². The van der Waals surface area contributed by atoms with Gasteiger partial charge in [0.25, 0.3) is 0 Å². The fraction of sp³-hybridized carbons (Fsp3) is 0.375. The molecule has 1 aliphatic rings. The van der Waals surface area contributed by atoms with Crippen molar-refractivity contribution in [3.05, 3.63) is 41.5 Å². The average molecular weight is 254 g/mol. The molecule has 1 saturated heterocycles. The van der Waals surface area contributed by atoms with Crippen molar-refractivity contribution in [2.75, 3.05) is 6.54 Å². The summed E-state index contributed by atoms with van der Waals surface area (Å²) in [6, 6.07) is 9.63. The minimum atomic E-state index is 0.0801. The van der Waals surface area contributed by atoms with E-state index in [1.54, 1.807) is 18.2 Å². The molecule has 1 aliphatic heterocycles. The Kier molecular flexibility index (Phi) is 4.35. The van der Waals surface area contributed by atoms with Crippen LogP contribution < -0.4 is 0 Å². The lowest BCUT2D eigenvalue weighted by Gasteiger charge is -2.32.